The molecule has 1 aliphatic heterocycles. The number of aryl methyl sites for hydroxylation is 1. The number of carbonyl (C=O) groups is 7. The van der Waals surface area contributed by atoms with Crippen LogP contribution >= 0.6 is 20.2 Å². The number of H-pyrrole nitrogens is 1. The van der Waals surface area contributed by atoms with Gasteiger partial charge in [-0.1, -0.05) is 57.5 Å². The number of primary amides is 1. The van der Waals surface area contributed by atoms with Crippen LogP contribution in [0.5, 0.6) is 0 Å². The molecule has 21 nitrogen and oxygen atoms in total. The zero-order valence-electron chi connectivity index (χ0n) is 38.9. The van der Waals surface area contributed by atoms with Crippen LogP contribution in [0.2, 0.25) is 0 Å². The van der Waals surface area contributed by atoms with E-state index in [1.807, 2.05) is 32.0 Å². The summed E-state index contributed by atoms with van der Waals surface area (Å²) in [5, 5.41) is 13.2. The fourth-order valence-electron chi connectivity index (χ4n) is 7.62. The van der Waals surface area contributed by atoms with E-state index >= 15 is 0 Å². The monoisotopic (exact) mass is 978 g/mol. The Morgan fingerprint density at radius 2 is 1.61 bits per heavy atom. The molecular formula is C44H71N10O11PS. The number of imidazole rings is 1. The van der Waals surface area contributed by atoms with Gasteiger partial charge in [0.05, 0.1) is 24.6 Å². The van der Waals surface area contributed by atoms with Gasteiger partial charge in [0, 0.05) is 56.6 Å². The standard InChI is InChI=1S/C44H71N10O11PS/c1-27(2)19-34(43(60)51-35(20-31-22-47-26-49-31)42(59)50-29(4)40(57)53-38(39(46)56)28(3)24-66(62,63)64)52-44(61)36-21-32(65-18-12-10-15-30-13-7-5-8-14-30)23-54(36)37(55)16-9-6-11-17-48-41(58)33(45)25-67/h5,7-8,13-14,22,26-29,32-36,38,67H,6,9-12,15-21,23-25,45H2,1-4H3,(H2,46,56)(H,47,49)(H,48,58)(H,50,59)(H,51,60)(H,52,61)(H,53,57)(H2,62,63,64). The highest BCUT2D eigenvalue weighted by atomic mass is 32.1. The average Bonchev–Trinajstić information content (AvgIpc) is 3.95. The Balaban J connectivity index is 1.73. The number of aromatic nitrogens is 2. The predicted octanol–water partition coefficient (Wildman–Crippen LogP) is 0.199. The number of nitrogens with two attached hydrogens (primary N) is 2. The smallest absolute Gasteiger partial charge is 0.325 e. The molecule has 1 fully saturated rings. The third-order valence-electron chi connectivity index (χ3n) is 11.2. The molecule has 374 valence electrons. The molecule has 2 heterocycles. The molecule has 0 saturated carbocycles. The van der Waals surface area contributed by atoms with E-state index in [9.17, 15) is 47.9 Å². The number of amides is 7. The second-order valence-electron chi connectivity index (χ2n) is 17.6. The highest BCUT2D eigenvalue weighted by Gasteiger charge is 2.41. The van der Waals surface area contributed by atoms with E-state index in [-0.39, 0.29) is 55.7 Å². The van der Waals surface area contributed by atoms with Crippen LogP contribution in [0.4, 0.5) is 0 Å². The average molecular weight is 979 g/mol. The number of benzene rings is 1. The molecule has 1 aliphatic rings. The van der Waals surface area contributed by atoms with Crippen molar-refractivity contribution in [3.8, 4) is 0 Å². The molecule has 1 aromatic carbocycles. The fourth-order valence-corrected chi connectivity index (χ4v) is 8.74. The van der Waals surface area contributed by atoms with E-state index in [0.29, 0.717) is 38.1 Å². The van der Waals surface area contributed by atoms with Crippen LogP contribution in [-0.4, -0.2) is 140 Å². The number of ether oxygens (including phenoxy) is 1. The van der Waals surface area contributed by atoms with Gasteiger partial charge >= 0.3 is 7.60 Å². The lowest BCUT2D eigenvalue weighted by molar-refractivity contribution is -0.140. The number of carbonyl (C=O) groups excluding carboxylic acids is 7. The molecule has 12 N–H and O–H groups in total. The molecule has 0 aliphatic carbocycles. The van der Waals surface area contributed by atoms with Gasteiger partial charge in [-0.3, -0.25) is 38.1 Å². The van der Waals surface area contributed by atoms with Gasteiger partial charge in [0.1, 0.15) is 30.2 Å². The predicted molar refractivity (Wildman–Crippen MR) is 253 cm³/mol. The maximum absolute atomic E-state index is 14.2. The number of hydrogen-bond donors (Lipinski definition) is 11. The van der Waals surface area contributed by atoms with Gasteiger partial charge in [-0.2, -0.15) is 12.6 Å². The summed E-state index contributed by atoms with van der Waals surface area (Å²) in [6, 6.07) is 3.18. The maximum Gasteiger partial charge on any atom is 0.325 e. The minimum absolute atomic E-state index is 0.109. The number of nitrogens with one attached hydrogen (secondary N) is 6. The first-order valence-corrected chi connectivity index (χ1v) is 25.2. The van der Waals surface area contributed by atoms with Crippen molar-refractivity contribution in [2.45, 2.75) is 134 Å². The second-order valence-corrected chi connectivity index (χ2v) is 19.7. The Labute approximate surface area is 397 Å². The first-order chi connectivity index (χ1) is 31.7. The summed E-state index contributed by atoms with van der Waals surface area (Å²) in [7, 11) is -4.57. The summed E-state index contributed by atoms with van der Waals surface area (Å²) < 4.78 is 17.8. The van der Waals surface area contributed by atoms with Gasteiger partial charge in [0.25, 0.3) is 0 Å². The van der Waals surface area contributed by atoms with Crippen LogP contribution in [0.25, 0.3) is 0 Å². The molecule has 67 heavy (non-hydrogen) atoms. The zero-order chi connectivity index (χ0) is 49.7. The topological polar surface area (TPSA) is 330 Å². The van der Waals surface area contributed by atoms with Gasteiger partial charge in [-0.25, -0.2) is 4.98 Å². The summed E-state index contributed by atoms with van der Waals surface area (Å²) in [4.78, 5) is 120. The van der Waals surface area contributed by atoms with Crippen molar-refractivity contribution in [2.75, 3.05) is 31.6 Å². The number of likely N-dealkylation sites (tertiary alicyclic amines) is 1. The van der Waals surface area contributed by atoms with Crippen LogP contribution in [0.15, 0.2) is 42.9 Å². The van der Waals surface area contributed by atoms with Crippen LogP contribution in [0.1, 0.15) is 90.3 Å². The third kappa shape index (κ3) is 20.5. The molecule has 1 saturated heterocycles. The maximum atomic E-state index is 14.2. The number of thiol groups is 1. The summed E-state index contributed by atoms with van der Waals surface area (Å²) in [5.41, 5.74) is 12.8. The second kappa shape index (κ2) is 28.5. The van der Waals surface area contributed by atoms with Gasteiger partial charge in [-0.15, -0.1) is 0 Å². The van der Waals surface area contributed by atoms with E-state index in [0.717, 1.165) is 19.3 Å². The molecule has 8 unspecified atom stereocenters. The van der Waals surface area contributed by atoms with Gasteiger partial charge in [-0.05, 0) is 62.8 Å². The van der Waals surface area contributed by atoms with E-state index in [4.69, 9.17) is 16.2 Å². The Bertz CT molecular complexity index is 1960. The SMILES string of the molecule is CC(C)CC(NC(=O)C1CC(OCCCCc2ccccc2)CN1C(=O)CCCCCNC(=O)C(N)CS)C(=O)NC(Cc1cnc[nH]1)C(=O)NC(C)C(=O)NC(C(N)=O)C(C)CP(=O)(O)O. The first kappa shape index (κ1) is 56.5. The van der Waals surface area contributed by atoms with Crippen molar-refractivity contribution in [3.63, 3.8) is 0 Å². The molecule has 0 bridgehead atoms. The van der Waals surface area contributed by atoms with Crippen LogP contribution in [0.3, 0.4) is 0 Å². The number of hydrogen-bond acceptors (Lipinski definition) is 12. The summed E-state index contributed by atoms with van der Waals surface area (Å²) in [6.45, 7) is 7.35. The highest BCUT2D eigenvalue weighted by Crippen LogP contribution is 2.37. The van der Waals surface area contributed by atoms with E-state index in [1.165, 1.54) is 36.8 Å². The normalized spacial score (nSPS) is 17.7. The Hall–Kier alpha value is -4.86. The van der Waals surface area contributed by atoms with Crippen molar-refractivity contribution < 1.29 is 52.7 Å². The molecule has 1 aromatic heterocycles. The molecule has 0 radical (unpaired) electrons. The van der Waals surface area contributed by atoms with E-state index < -0.39 is 91.6 Å². The zero-order valence-corrected chi connectivity index (χ0v) is 40.6. The minimum atomic E-state index is -4.57. The summed E-state index contributed by atoms with van der Waals surface area (Å²) in [5.74, 6) is -5.49. The molecule has 23 heteroatoms. The van der Waals surface area contributed by atoms with Crippen molar-refractivity contribution in [3.05, 3.63) is 54.1 Å². The molecule has 7 amide bonds. The number of nitrogens with zero attached hydrogens (tertiary/aromatic N) is 2. The fraction of sp³-hybridized carbons (Fsp3) is 0.636. The molecule has 2 aromatic rings. The lowest BCUT2D eigenvalue weighted by Crippen LogP contribution is -2.59. The lowest BCUT2D eigenvalue weighted by atomic mass is 10.0. The highest BCUT2D eigenvalue weighted by molar-refractivity contribution is 7.80. The van der Waals surface area contributed by atoms with Crippen molar-refractivity contribution >= 4 is 61.6 Å². The van der Waals surface area contributed by atoms with E-state index in [2.05, 4.69) is 61.3 Å². The largest absolute Gasteiger partial charge is 0.376 e. The Morgan fingerprint density at radius 1 is 0.910 bits per heavy atom. The third-order valence-corrected chi connectivity index (χ3v) is 12.7. The lowest BCUT2D eigenvalue weighted by Gasteiger charge is -2.28. The molecule has 8 atom stereocenters. The molecule has 3 rings (SSSR count). The Morgan fingerprint density at radius 3 is 2.24 bits per heavy atom. The molecular weight excluding hydrogens is 908 g/mol. The van der Waals surface area contributed by atoms with Gasteiger partial charge < -0.3 is 62.5 Å². The van der Waals surface area contributed by atoms with Crippen LogP contribution in [-0.2, 0) is 55.7 Å². The number of rotatable bonds is 30. The quantitative estimate of drug-likeness (QED) is 0.0284. The van der Waals surface area contributed by atoms with Crippen molar-refractivity contribution in [2.24, 2.45) is 23.3 Å². The number of aromatic amines is 1. The van der Waals surface area contributed by atoms with Crippen LogP contribution < -0.4 is 38.1 Å². The number of unbranched alkanes of at least 4 members (excludes halogenated alkanes) is 3. The Kier molecular flexibility index (Phi) is 24.0. The molecule has 0 spiro atoms. The minimum Gasteiger partial charge on any atom is -0.376 e. The van der Waals surface area contributed by atoms with Gasteiger partial charge in [0.15, 0.2) is 0 Å². The van der Waals surface area contributed by atoms with Crippen molar-refractivity contribution in [1.82, 2.24) is 41.5 Å². The van der Waals surface area contributed by atoms with E-state index in [1.54, 1.807) is 0 Å². The van der Waals surface area contributed by atoms with Crippen molar-refractivity contribution in [1.29, 1.82) is 0 Å². The van der Waals surface area contributed by atoms with Crippen LogP contribution in [0, 0.1) is 11.8 Å². The van der Waals surface area contributed by atoms with Gasteiger partial charge in [0.2, 0.25) is 41.4 Å². The first-order valence-electron chi connectivity index (χ1n) is 22.8. The summed E-state index contributed by atoms with van der Waals surface area (Å²) >= 11 is 4.05. The summed E-state index contributed by atoms with van der Waals surface area (Å²) in [6.07, 6.45) is 6.34.